The summed E-state index contributed by atoms with van der Waals surface area (Å²) in [5, 5.41) is 23.2. The Kier molecular flexibility index (Phi) is 13.0. The van der Waals surface area contributed by atoms with Crippen LogP contribution in [0.5, 0.6) is 0 Å². The monoisotopic (exact) mass is 527 g/mol. The minimum atomic E-state index is -1.14. The fraction of sp³-hybridized carbons (Fsp3) is 0.852. The lowest BCUT2D eigenvalue weighted by atomic mass is 9.83. The average Bonchev–Trinajstić information content (AvgIpc) is 2.79. The number of ether oxygens (including phenoxy) is 3. The molecule has 1 fully saturated rings. The van der Waals surface area contributed by atoms with Crippen LogP contribution in [-0.4, -0.2) is 80.0 Å². The van der Waals surface area contributed by atoms with Crippen LogP contribution in [0, 0.1) is 34.5 Å². The molecule has 0 saturated carbocycles. The quantitative estimate of drug-likeness (QED) is 0.159. The van der Waals surface area contributed by atoms with Gasteiger partial charge in [-0.25, -0.2) is 5.43 Å². The van der Waals surface area contributed by atoms with E-state index < -0.39 is 30.5 Å². The highest BCUT2D eigenvalue weighted by Gasteiger charge is 2.42. The minimum absolute atomic E-state index is 0.0555. The van der Waals surface area contributed by atoms with Crippen molar-refractivity contribution in [3.63, 3.8) is 0 Å². The van der Waals surface area contributed by atoms with Crippen molar-refractivity contribution in [3.05, 3.63) is 0 Å². The number of terminal acetylenes is 1. The van der Waals surface area contributed by atoms with Gasteiger partial charge in [-0.05, 0) is 11.8 Å². The van der Waals surface area contributed by atoms with Crippen LogP contribution in [0.1, 0.15) is 67.7 Å². The number of aliphatic hydroxyl groups excluding tert-OH is 2. The molecule has 0 spiro atoms. The molecule has 5 N–H and O–H groups in total. The van der Waals surface area contributed by atoms with Gasteiger partial charge >= 0.3 is 0 Å². The molecule has 0 aromatic rings. The summed E-state index contributed by atoms with van der Waals surface area (Å²) in [5.41, 5.74) is 4.21. The molecule has 1 rings (SSSR count). The van der Waals surface area contributed by atoms with Crippen molar-refractivity contribution >= 4 is 11.8 Å². The Hall–Kier alpha value is -1.74. The first-order valence-corrected chi connectivity index (χ1v) is 12.9. The van der Waals surface area contributed by atoms with Crippen LogP contribution in [-0.2, 0) is 23.8 Å². The number of rotatable bonds is 15. The van der Waals surface area contributed by atoms with Gasteiger partial charge in [0.2, 0.25) is 11.8 Å². The number of amides is 2. The molecule has 2 amide bonds. The van der Waals surface area contributed by atoms with Gasteiger partial charge < -0.3 is 29.7 Å². The van der Waals surface area contributed by atoms with Gasteiger partial charge in [0.1, 0.15) is 12.2 Å². The number of hydrazine groups is 1. The fourth-order valence-electron chi connectivity index (χ4n) is 3.91. The zero-order valence-corrected chi connectivity index (χ0v) is 23.8. The molecule has 0 aliphatic carbocycles. The first-order chi connectivity index (χ1) is 17.0. The molecular formula is C27H49N3O7. The SMILES string of the molecule is C#C[C@H]1OC(OCC(C)(C)COCC(C)(C)CNC(=O)CC(C)(C)CCC(=O)NNC)[C@H](C)[C@@H](O)[C@H]1O. The first-order valence-electron chi connectivity index (χ1n) is 12.9. The van der Waals surface area contributed by atoms with Gasteiger partial charge in [0.05, 0.1) is 25.9 Å². The predicted molar refractivity (Wildman–Crippen MR) is 141 cm³/mol. The number of hydrogen-bond acceptors (Lipinski definition) is 8. The van der Waals surface area contributed by atoms with E-state index in [1.54, 1.807) is 14.0 Å². The van der Waals surface area contributed by atoms with Crippen molar-refractivity contribution < 1.29 is 34.0 Å². The lowest BCUT2D eigenvalue weighted by molar-refractivity contribution is -0.271. The Morgan fingerprint density at radius 1 is 0.973 bits per heavy atom. The number of nitrogens with one attached hydrogen (secondary N) is 3. The Morgan fingerprint density at radius 3 is 2.19 bits per heavy atom. The number of carbonyl (C=O) groups excluding carboxylic acids is 2. The van der Waals surface area contributed by atoms with Crippen molar-refractivity contribution in [1.29, 1.82) is 0 Å². The van der Waals surface area contributed by atoms with E-state index >= 15 is 0 Å². The zero-order valence-electron chi connectivity index (χ0n) is 23.8. The highest BCUT2D eigenvalue weighted by atomic mass is 16.7. The summed E-state index contributed by atoms with van der Waals surface area (Å²) in [6.45, 7) is 15.4. The van der Waals surface area contributed by atoms with Crippen LogP contribution in [0.3, 0.4) is 0 Å². The first kappa shape index (κ1) is 33.3. The molecule has 0 bridgehead atoms. The van der Waals surface area contributed by atoms with E-state index in [1.165, 1.54) is 0 Å². The largest absolute Gasteiger partial charge is 0.390 e. The molecule has 0 aromatic heterocycles. The highest BCUT2D eigenvalue weighted by molar-refractivity contribution is 5.77. The van der Waals surface area contributed by atoms with Gasteiger partial charge in [0.15, 0.2) is 6.29 Å². The molecule has 0 aromatic carbocycles. The number of carbonyl (C=O) groups is 2. The van der Waals surface area contributed by atoms with Crippen molar-refractivity contribution in [2.45, 2.75) is 92.3 Å². The highest BCUT2D eigenvalue weighted by Crippen LogP contribution is 2.29. The Labute approximate surface area is 222 Å². The minimum Gasteiger partial charge on any atom is -0.390 e. The molecule has 0 radical (unpaired) electrons. The van der Waals surface area contributed by atoms with Crippen LogP contribution in [0.25, 0.3) is 0 Å². The van der Waals surface area contributed by atoms with Crippen LogP contribution in [0.2, 0.25) is 0 Å². The summed E-state index contributed by atoms with van der Waals surface area (Å²) in [5.74, 6) is 1.75. The van der Waals surface area contributed by atoms with Gasteiger partial charge in [-0.3, -0.25) is 15.0 Å². The van der Waals surface area contributed by atoms with Crippen molar-refractivity contribution in [1.82, 2.24) is 16.2 Å². The Bertz CT molecular complexity index is 778. The molecular weight excluding hydrogens is 478 g/mol. The van der Waals surface area contributed by atoms with E-state index in [9.17, 15) is 19.8 Å². The van der Waals surface area contributed by atoms with E-state index in [1.807, 2.05) is 41.5 Å². The van der Waals surface area contributed by atoms with E-state index in [0.29, 0.717) is 45.6 Å². The van der Waals surface area contributed by atoms with Crippen LogP contribution in [0.4, 0.5) is 0 Å². The average molecular weight is 528 g/mol. The standard InChI is InChI=1S/C27H49N3O7/c1-10-19-23(34)22(33)18(2)24(37-19)36-17-27(7,8)16-35-15-26(5,6)14-29-21(32)13-25(3,4)12-11-20(31)30-28-9/h1,18-19,22-24,28,33-34H,11-17H2,2-9H3,(H,29,32)(H,30,31)/t18-,19-,22-,23+,24?/m1/s1. The summed E-state index contributed by atoms with van der Waals surface area (Å²) in [4.78, 5) is 24.2. The predicted octanol–water partition coefficient (Wildman–Crippen LogP) is 1.35. The summed E-state index contributed by atoms with van der Waals surface area (Å²) in [6, 6.07) is 0. The lowest BCUT2D eigenvalue weighted by Gasteiger charge is -2.40. The van der Waals surface area contributed by atoms with Gasteiger partial charge in [-0.1, -0.05) is 54.4 Å². The van der Waals surface area contributed by atoms with E-state index in [4.69, 9.17) is 20.6 Å². The van der Waals surface area contributed by atoms with Gasteiger partial charge in [0.25, 0.3) is 0 Å². The second-order valence-electron chi connectivity index (χ2n) is 12.5. The Morgan fingerprint density at radius 2 is 1.59 bits per heavy atom. The molecule has 1 unspecified atom stereocenters. The molecule has 1 heterocycles. The third kappa shape index (κ3) is 12.1. The molecule has 1 saturated heterocycles. The normalized spacial score (nSPS) is 24.8. The summed E-state index contributed by atoms with van der Waals surface area (Å²) in [6.07, 6.45) is 2.85. The van der Waals surface area contributed by atoms with Crippen LogP contribution >= 0.6 is 0 Å². The molecule has 10 heteroatoms. The third-order valence-electron chi connectivity index (χ3n) is 6.39. The van der Waals surface area contributed by atoms with Crippen molar-refractivity contribution in [3.8, 4) is 12.3 Å². The topological polar surface area (TPSA) is 138 Å². The molecule has 1 aliphatic rings. The van der Waals surface area contributed by atoms with Crippen LogP contribution in [0.15, 0.2) is 0 Å². The number of hydrogen-bond donors (Lipinski definition) is 5. The van der Waals surface area contributed by atoms with Crippen LogP contribution < -0.4 is 16.2 Å². The van der Waals surface area contributed by atoms with Crippen molar-refractivity contribution in [2.75, 3.05) is 33.4 Å². The number of aliphatic hydroxyl groups is 2. The summed E-state index contributed by atoms with van der Waals surface area (Å²) < 4.78 is 17.5. The lowest BCUT2D eigenvalue weighted by Crippen LogP contribution is -2.54. The molecule has 37 heavy (non-hydrogen) atoms. The van der Waals surface area contributed by atoms with E-state index in [-0.39, 0.29) is 28.1 Å². The Balaban J connectivity index is 2.42. The maximum absolute atomic E-state index is 12.5. The maximum Gasteiger partial charge on any atom is 0.234 e. The second-order valence-corrected chi connectivity index (χ2v) is 12.5. The molecule has 10 nitrogen and oxygen atoms in total. The van der Waals surface area contributed by atoms with Gasteiger partial charge in [0, 0.05) is 43.2 Å². The smallest absolute Gasteiger partial charge is 0.234 e. The van der Waals surface area contributed by atoms with Gasteiger partial charge in [-0.15, -0.1) is 6.42 Å². The van der Waals surface area contributed by atoms with E-state index in [2.05, 4.69) is 22.1 Å². The third-order valence-corrected chi connectivity index (χ3v) is 6.39. The van der Waals surface area contributed by atoms with Gasteiger partial charge in [-0.2, -0.15) is 0 Å². The molecule has 1 aliphatic heterocycles. The second kappa shape index (κ2) is 14.4. The summed E-state index contributed by atoms with van der Waals surface area (Å²) >= 11 is 0. The van der Waals surface area contributed by atoms with E-state index in [0.717, 1.165) is 0 Å². The molecule has 214 valence electrons. The molecule has 5 atom stereocenters. The maximum atomic E-state index is 12.5. The van der Waals surface area contributed by atoms with Crippen molar-refractivity contribution in [2.24, 2.45) is 22.2 Å². The fourth-order valence-corrected chi connectivity index (χ4v) is 3.91. The zero-order chi connectivity index (χ0) is 28.4. The summed E-state index contributed by atoms with van der Waals surface area (Å²) in [7, 11) is 1.64.